The lowest BCUT2D eigenvalue weighted by Gasteiger charge is -2.14. The molecule has 0 saturated carbocycles. The second kappa shape index (κ2) is 8.32. The van der Waals surface area contributed by atoms with Crippen LogP contribution in [-0.4, -0.2) is 31.7 Å². The second-order valence-electron chi connectivity index (χ2n) is 6.19. The van der Waals surface area contributed by atoms with Crippen LogP contribution in [0.25, 0.3) is 0 Å². The van der Waals surface area contributed by atoms with Crippen LogP contribution < -0.4 is 10.2 Å². The van der Waals surface area contributed by atoms with Crippen molar-refractivity contribution in [1.82, 2.24) is 5.32 Å². The standard InChI is InChI=1S/C20H18FN3O3/c21-17-5-1-14(2-6-17)11-15(12-22)13-27-19(25)16-3-7-18(8-4-16)24-10-9-23-20(24)26/h1-8,15H,9-11,13H2,(H,23,26). The molecule has 2 aromatic carbocycles. The van der Waals surface area contributed by atoms with Crippen LogP contribution in [0.2, 0.25) is 0 Å². The van der Waals surface area contributed by atoms with Gasteiger partial charge in [-0.05, 0) is 48.4 Å². The Labute approximate surface area is 156 Å². The van der Waals surface area contributed by atoms with Gasteiger partial charge in [-0.3, -0.25) is 4.90 Å². The summed E-state index contributed by atoms with van der Waals surface area (Å²) in [5, 5.41) is 12.0. The first-order valence-corrected chi connectivity index (χ1v) is 8.53. The molecule has 1 atom stereocenters. The summed E-state index contributed by atoms with van der Waals surface area (Å²) >= 11 is 0. The zero-order valence-electron chi connectivity index (χ0n) is 14.5. The molecular formula is C20H18FN3O3. The Bertz CT molecular complexity index is 860. The van der Waals surface area contributed by atoms with Gasteiger partial charge in [0.05, 0.1) is 17.6 Å². The third kappa shape index (κ3) is 4.61. The molecule has 1 aliphatic heterocycles. The maximum atomic E-state index is 12.9. The molecule has 0 aromatic heterocycles. The molecule has 27 heavy (non-hydrogen) atoms. The number of esters is 1. The van der Waals surface area contributed by atoms with Gasteiger partial charge in [0.2, 0.25) is 0 Å². The number of rotatable bonds is 6. The van der Waals surface area contributed by atoms with Crippen molar-refractivity contribution >= 4 is 17.7 Å². The molecule has 2 amide bonds. The van der Waals surface area contributed by atoms with Crippen molar-refractivity contribution in [2.75, 3.05) is 24.6 Å². The van der Waals surface area contributed by atoms with E-state index in [1.54, 1.807) is 41.3 Å². The van der Waals surface area contributed by atoms with Gasteiger partial charge in [-0.15, -0.1) is 0 Å². The molecule has 138 valence electrons. The Balaban J connectivity index is 1.55. The minimum Gasteiger partial charge on any atom is -0.461 e. The highest BCUT2D eigenvalue weighted by Crippen LogP contribution is 2.18. The summed E-state index contributed by atoms with van der Waals surface area (Å²) in [6.45, 7) is 1.12. The predicted molar refractivity (Wildman–Crippen MR) is 96.7 cm³/mol. The molecule has 1 aliphatic rings. The summed E-state index contributed by atoms with van der Waals surface area (Å²) in [5.41, 5.74) is 1.84. The molecule has 3 rings (SSSR count). The van der Waals surface area contributed by atoms with Crippen LogP contribution in [0.4, 0.5) is 14.9 Å². The number of urea groups is 1. The number of halogens is 1. The van der Waals surface area contributed by atoms with E-state index < -0.39 is 11.9 Å². The predicted octanol–water partition coefficient (Wildman–Crippen LogP) is 2.89. The number of nitriles is 1. The first kappa shape index (κ1) is 18.4. The number of ether oxygens (including phenoxy) is 1. The van der Waals surface area contributed by atoms with Crippen LogP contribution in [0.3, 0.4) is 0 Å². The van der Waals surface area contributed by atoms with Gasteiger partial charge >= 0.3 is 12.0 Å². The van der Waals surface area contributed by atoms with Crippen molar-refractivity contribution in [2.24, 2.45) is 5.92 Å². The Morgan fingerprint density at radius 2 is 1.93 bits per heavy atom. The summed E-state index contributed by atoms with van der Waals surface area (Å²) in [6, 6.07) is 14.4. The van der Waals surface area contributed by atoms with Crippen LogP contribution in [-0.2, 0) is 11.2 Å². The highest BCUT2D eigenvalue weighted by atomic mass is 19.1. The Hall–Kier alpha value is -3.40. The van der Waals surface area contributed by atoms with E-state index in [2.05, 4.69) is 11.4 Å². The number of benzene rings is 2. The Morgan fingerprint density at radius 1 is 1.22 bits per heavy atom. The van der Waals surface area contributed by atoms with Gasteiger partial charge in [0.25, 0.3) is 0 Å². The number of amides is 2. The number of nitrogens with one attached hydrogen (secondary N) is 1. The molecule has 0 spiro atoms. The van der Waals surface area contributed by atoms with Crippen molar-refractivity contribution in [1.29, 1.82) is 5.26 Å². The third-order valence-corrected chi connectivity index (χ3v) is 4.27. The molecule has 7 heteroatoms. The fourth-order valence-electron chi connectivity index (χ4n) is 2.80. The van der Waals surface area contributed by atoms with Gasteiger partial charge < -0.3 is 10.1 Å². The molecule has 1 N–H and O–H groups in total. The van der Waals surface area contributed by atoms with E-state index in [0.717, 1.165) is 5.56 Å². The molecule has 2 aromatic rings. The first-order chi connectivity index (χ1) is 13.1. The van der Waals surface area contributed by atoms with Crippen molar-refractivity contribution < 1.29 is 18.7 Å². The summed E-state index contributed by atoms with van der Waals surface area (Å²) in [7, 11) is 0. The number of anilines is 1. The normalized spacial score (nSPS) is 14.4. The van der Waals surface area contributed by atoms with E-state index in [1.807, 2.05) is 0 Å². The van der Waals surface area contributed by atoms with Gasteiger partial charge in [-0.2, -0.15) is 5.26 Å². The highest BCUT2D eigenvalue weighted by Gasteiger charge is 2.21. The molecule has 0 aliphatic carbocycles. The largest absolute Gasteiger partial charge is 0.461 e. The van der Waals surface area contributed by atoms with Crippen molar-refractivity contribution in [3.8, 4) is 6.07 Å². The fourth-order valence-corrected chi connectivity index (χ4v) is 2.80. The Morgan fingerprint density at radius 3 is 2.52 bits per heavy atom. The average molecular weight is 367 g/mol. The maximum absolute atomic E-state index is 12.9. The zero-order valence-corrected chi connectivity index (χ0v) is 14.5. The minimum atomic E-state index is -0.535. The van der Waals surface area contributed by atoms with Gasteiger partial charge in [0, 0.05) is 18.8 Å². The lowest BCUT2D eigenvalue weighted by molar-refractivity contribution is 0.0468. The van der Waals surface area contributed by atoms with E-state index in [9.17, 15) is 19.2 Å². The van der Waals surface area contributed by atoms with E-state index in [0.29, 0.717) is 30.8 Å². The number of carbonyl (C=O) groups is 2. The minimum absolute atomic E-state index is 0.0526. The summed E-state index contributed by atoms with van der Waals surface area (Å²) in [4.78, 5) is 25.4. The van der Waals surface area contributed by atoms with Gasteiger partial charge in [0.15, 0.2) is 0 Å². The fraction of sp³-hybridized carbons (Fsp3) is 0.250. The van der Waals surface area contributed by atoms with Gasteiger partial charge in [0.1, 0.15) is 12.4 Å². The van der Waals surface area contributed by atoms with Crippen molar-refractivity contribution in [2.45, 2.75) is 6.42 Å². The van der Waals surface area contributed by atoms with E-state index in [1.165, 1.54) is 12.1 Å². The monoisotopic (exact) mass is 367 g/mol. The van der Waals surface area contributed by atoms with Crippen LogP contribution in [0, 0.1) is 23.1 Å². The van der Waals surface area contributed by atoms with E-state index in [-0.39, 0.29) is 18.5 Å². The van der Waals surface area contributed by atoms with Crippen LogP contribution in [0.1, 0.15) is 15.9 Å². The maximum Gasteiger partial charge on any atom is 0.338 e. The van der Waals surface area contributed by atoms with Crippen LogP contribution >= 0.6 is 0 Å². The van der Waals surface area contributed by atoms with Crippen LogP contribution in [0.15, 0.2) is 48.5 Å². The first-order valence-electron chi connectivity index (χ1n) is 8.53. The smallest absolute Gasteiger partial charge is 0.338 e. The topological polar surface area (TPSA) is 82.4 Å². The molecule has 6 nitrogen and oxygen atoms in total. The molecule has 1 heterocycles. The number of hydrogen-bond donors (Lipinski definition) is 1. The number of nitrogens with zero attached hydrogens (tertiary/aromatic N) is 2. The lowest BCUT2D eigenvalue weighted by Crippen LogP contribution is -2.27. The van der Waals surface area contributed by atoms with E-state index >= 15 is 0 Å². The molecule has 1 saturated heterocycles. The van der Waals surface area contributed by atoms with Crippen LogP contribution in [0.5, 0.6) is 0 Å². The summed E-state index contributed by atoms with van der Waals surface area (Å²) < 4.78 is 18.2. The van der Waals surface area contributed by atoms with Gasteiger partial charge in [-0.1, -0.05) is 12.1 Å². The van der Waals surface area contributed by atoms with E-state index in [4.69, 9.17) is 4.74 Å². The molecule has 0 radical (unpaired) electrons. The highest BCUT2D eigenvalue weighted by molar-refractivity contribution is 5.95. The third-order valence-electron chi connectivity index (χ3n) is 4.27. The molecule has 1 unspecified atom stereocenters. The number of hydrogen-bond acceptors (Lipinski definition) is 4. The van der Waals surface area contributed by atoms with Crippen molar-refractivity contribution in [3.05, 3.63) is 65.5 Å². The number of carbonyl (C=O) groups excluding carboxylic acids is 2. The second-order valence-corrected chi connectivity index (χ2v) is 6.19. The SMILES string of the molecule is N#CC(COC(=O)c1ccc(N2CCNC2=O)cc1)Cc1ccc(F)cc1. The quantitative estimate of drug-likeness (QED) is 0.796. The average Bonchev–Trinajstić information content (AvgIpc) is 3.12. The lowest BCUT2D eigenvalue weighted by atomic mass is 10.0. The zero-order chi connectivity index (χ0) is 19.2. The molecule has 0 bridgehead atoms. The summed E-state index contributed by atoms with van der Waals surface area (Å²) in [5.74, 6) is -1.40. The van der Waals surface area contributed by atoms with Crippen molar-refractivity contribution in [3.63, 3.8) is 0 Å². The Kier molecular flexibility index (Phi) is 5.67. The molecular weight excluding hydrogens is 349 g/mol. The summed E-state index contributed by atoms with van der Waals surface area (Å²) in [6.07, 6.45) is 0.368. The van der Waals surface area contributed by atoms with Gasteiger partial charge in [-0.25, -0.2) is 14.0 Å². The molecule has 1 fully saturated rings.